The molecule has 1 N–H and O–H groups in total. The molecule has 2 fully saturated rings. The normalized spacial score (nSPS) is 30.8. The molecule has 176 valence electrons. The number of carboxylic acids is 1. The number of methoxy groups -OCH3 is 1. The number of hydrogen-bond donors (Lipinski definition) is 1. The van der Waals surface area contributed by atoms with Gasteiger partial charge in [0.1, 0.15) is 5.60 Å². The maximum absolute atomic E-state index is 13.6. The van der Waals surface area contributed by atoms with Crippen molar-refractivity contribution in [2.24, 2.45) is 0 Å². The molecule has 0 aromatic heterocycles. The summed E-state index contributed by atoms with van der Waals surface area (Å²) in [6, 6.07) is 9.78. The fourth-order valence-corrected chi connectivity index (χ4v) is 6.93. The molecule has 2 aliphatic heterocycles. The third-order valence-electron chi connectivity index (χ3n) is 8.34. The van der Waals surface area contributed by atoms with Gasteiger partial charge in [-0.1, -0.05) is 18.2 Å². The molecule has 8 nitrogen and oxygen atoms in total. The summed E-state index contributed by atoms with van der Waals surface area (Å²) in [5.41, 5.74) is 0.00213. The Bertz CT molecular complexity index is 1260. The molecule has 34 heavy (non-hydrogen) atoms. The van der Waals surface area contributed by atoms with Crippen LogP contribution in [0.3, 0.4) is 0 Å². The molecular formula is C26H25NO7. The van der Waals surface area contributed by atoms with Gasteiger partial charge in [-0.2, -0.15) is 0 Å². The van der Waals surface area contributed by atoms with Crippen LogP contribution in [0.15, 0.2) is 36.4 Å². The zero-order chi connectivity index (χ0) is 23.8. The van der Waals surface area contributed by atoms with E-state index in [2.05, 4.69) is 4.90 Å². The standard InChI is InChI=1S/C26H25NO7/c1-27-12-11-25-20-14-7-8-18(32-2)21(20)33-22(25)17(28)9-10-26(25,19(27)13-14)34-24(31)16-6-4-3-5-15(16)23(29)30/h3-8,19,22H,9-13H2,1-2H3,(H,29,30)/t19-,22+,25+,26-/m1/s1. The number of ether oxygens (including phenoxy) is 3. The molecule has 0 unspecified atom stereocenters. The highest BCUT2D eigenvalue weighted by molar-refractivity contribution is 6.02. The third kappa shape index (κ3) is 2.44. The maximum atomic E-state index is 13.6. The van der Waals surface area contributed by atoms with E-state index in [-0.39, 0.29) is 29.4 Å². The van der Waals surface area contributed by atoms with Crippen LogP contribution in [0.5, 0.6) is 11.5 Å². The second-order valence-electron chi connectivity index (χ2n) is 9.65. The van der Waals surface area contributed by atoms with Gasteiger partial charge in [0.05, 0.1) is 29.7 Å². The largest absolute Gasteiger partial charge is 0.493 e. The number of likely N-dealkylation sites (tertiary alicyclic amines) is 1. The Morgan fingerprint density at radius 2 is 1.91 bits per heavy atom. The second-order valence-corrected chi connectivity index (χ2v) is 9.65. The molecule has 4 aliphatic rings. The molecule has 1 saturated heterocycles. The Kier molecular flexibility index (Phi) is 4.39. The van der Waals surface area contributed by atoms with Gasteiger partial charge in [-0.15, -0.1) is 0 Å². The summed E-state index contributed by atoms with van der Waals surface area (Å²) in [5, 5.41) is 9.63. The lowest BCUT2D eigenvalue weighted by Gasteiger charge is -2.63. The van der Waals surface area contributed by atoms with E-state index in [1.165, 1.54) is 12.1 Å². The molecule has 1 spiro atoms. The van der Waals surface area contributed by atoms with Gasteiger partial charge in [0.2, 0.25) is 0 Å². The van der Waals surface area contributed by atoms with E-state index in [9.17, 15) is 19.5 Å². The number of aromatic carboxylic acids is 1. The van der Waals surface area contributed by atoms with Crippen LogP contribution < -0.4 is 9.47 Å². The Morgan fingerprint density at radius 1 is 1.15 bits per heavy atom. The van der Waals surface area contributed by atoms with E-state index < -0.39 is 29.1 Å². The zero-order valence-corrected chi connectivity index (χ0v) is 19.0. The minimum Gasteiger partial charge on any atom is -0.493 e. The summed E-state index contributed by atoms with van der Waals surface area (Å²) in [7, 11) is 3.58. The number of hydrogen-bond acceptors (Lipinski definition) is 7. The number of benzene rings is 2. The van der Waals surface area contributed by atoms with Gasteiger partial charge >= 0.3 is 11.9 Å². The summed E-state index contributed by atoms with van der Waals surface area (Å²) in [4.78, 5) is 40.8. The molecule has 0 amide bonds. The van der Waals surface area contributed by atoms with Crippen LogP contribution in [0.4, 0.5) is 0 Å². The van der Waals surface area contributed by atoms with Gasteiger partial charge in [0.15, 0.2) is 23.4 Å². The van der Waals surface area contributed by atoms with Crippen LogP contribution in [0.1, 0.15) is 51.1 Å². The molecular weight excluding hydrogens is 438 g/mol. The average molecular weight is 463 g/mol. The van der Waals surface area contributed by atoms with Crippen LogP contribution in [-0.4, -0.2) is 66.2 Å². The van der Waals surface area contributed by atoms with E-state index in [0.717, 1.165) is 17.7 Å². The number of esters is 1. The van der Waals surface area contributed by atoms with Crippen molar-refractivity contribution in [2.75, 3.05) is 20.7 Å². The SMILES string of the molecule is COc1ccc2c3c1O[C@H]1C(=O)CC[C@@]4(OC(=O)c5ccccc5C(=O)O)[C@@H](C2)N(C)CC[C@]314. The summed E-state index contributed by atoms with van der Waals surface area (Å²) >= 11 is 0. The number of piperidine rings is 1. The molecule has 1 saturated carbocycles. The van der Waals surface area contributed by atoms with Crippen LogP contribution in [0.2, 0.25) is 0 Å². The number of ketones is 1. The number of nitrogens with zero attached hydrogens (tertiary/aromatic N) is 1. The van der Waals surface area contributed by atoms with Crippen LogP contribution in [0, 0.1) is 0 Å². The van der Waals surface area contributed by atoms with Crippen molar-refractivity contribution in [3.63, 3.8) is 0 Å². The van der Waals surface area contributed by atoms with Crippen LogP contribution in [0.25, 0.3) is 0 Å². The number of Topliss-reactive ketones (excluding diaryl/α,β-unsaturated/α-hetero) is 1. The van der Waals surface area contributed by atoms with E-state index in [1.807, 2.05) is 19.2 Å². The summed E-state index contributed by atoms with van der Waals surface area (Å²) in [5.74, 6) is -0.765. The number of carboxylic acid groups (broad SMARTS) is 1. The van der Waals surface area contributed by atoms with Crippen molar-refractivity contribution in [3.8, 4) is 11.5 Å². The highest BCUT2D eigenvalue weighted by atomic mass is 16.6. The van der Waals surface area contributed by atoms with E-state index in [4.69, 9.17) is 14.2 Å². The average Bonchev–Trinajstić information content (AvgIpc) is 3.19. The maximum Gasteiger partial charge on any atom is 0.339 e. The first-order valence-electron chi connectivity index (χ1n) is 11.5. The fraction of sp³-hybridized carbons (Fsp3) is 0.423. The fourth-order valence-electron chi connectivity index (χ4n) is 6.93. The molecule has 2 aromatic carbocycles. The first-order valence-corrected chi connectivity index (χ1v) is 11.5. The third-order valence-corrected chi connectivity index (χ3v) is 8.34. The number of carbonyl (C=O) groups is 3. The predicted octanol–water partition coefficient (Wildman–Crippen LogP) is 2.61. The van der Waals surface area contributed by atoms with Crippen molar-refractivity contribution in [2.45, 2.75) is 48.8 Å². The summed E-state index contributed by atoms with van der Waals surface area (Å²) < 4.78 is 18.4. The Labute approximate surface area is 196 Å². The first kappa shape index (κ1) is 21.2. The highest BCUT2D eigenvalue weighted by Gasteiger charge is 2.75. The molecule has 2 aliphatic carbocycles. The lowest BCUT2D eigenvalue weighted by Crippen LogP contribution is -2.77. The van der Waals surface area contributed by atoms with Gasteiger partial charge in [0.25, 0.3) is 0 Å². The van der Waals surface area contributed by atoms with Crippen LogP contribution in [-0.2, 0) is 21.4 Å². The molecule has 8 heteroatoms. The van der Waals surface area contributed by atoms with Gasteiger partial charge < -0.3 is 19.3 Å². The lowest BCUT2D eigenvalue weighted by molar-refractivity contribution is -0.186. The monoisotopic (exact) mass is 463 g/mol. The molecule has 2 bridgehead atoms. The predicted molar refractivity (Wildman–Crippen MR) is 120 cm³/mol. The second kappa shape index (κ2) is 7.06. The molecule has 6 rings (SSSR count). The van der Waals surface area contributed by atoms with Crippen molar-refractivity contribution in [1.82, 2.24) is 4.90 Å². The van der Waals surface area contributed by atoms with Crippen LogP contribution >= 0.6 is 0 Å². The smallest absolute Gasteiger partial charge is 0.339 e. The minimum absolute atomic E-state index is 0.00512. The van der Waals surface area contributed by atoms with Crippen molar-refractivity contribution in [1.29, 1.82) is 0 Å². The van der Waals surface area contributed by atoms with E-state index in [0.29, 0.717) is 30.8 Å². The zero-order valence-electron chi connectivity index (χ0n) is 19.0. The summed E-state index contributed by atoms with van der Waals surface area (Å²) in [6.07, 6.45) is 1.01. The first-order chi connectivity index (χ1) is 16.3. The topological polar surface area (TPSA) is 102 Å². The number of likely N-dealkylation sites (N-methyl/N-ethyl adjacent to an activating group) is 1. The van der Waals surface area contributed by atoms with Gasteiger partial charge in [0, 0.05) is 12.0 Å². The lowest BCUT2D eigenvalue weighted by atomic mass is 9.49. The quantitative estimate of drug-likeness (QED) is 0.691. The Hall–Kier alpha value is -3.39. The molecule has 2 aromatic rings. The van der Waals surface area contributed by atoms with E-state index in [1.54, 1.807) is 19.2 Å². The number of rotatable bonds is 4. The van der Waals surface area contributed by atoms with Crippen molar-refractivity contribution in [3.05, 3.63) is 58.7 Å². The van der Waals surface area contributed by atoms with Crippen molar-refractivity contribution < 1.29 is 33.7 Å². The molecule has 4 atom stereocenters. The Morgan fingerprint density at radius 3 is 2.65 bits per heavy atom. The number of carbonyl (C=O) groups excluding carboxylic acids is 2. The van der Waals surface area contributed by atoms with Crippen molar-refractivity contribution >= 4 is 17.7 Å². The van der Waals surface area contributed by atoms with Gasteiger partial charge in [-0.3, -0.25) is 9.69 Å². The highest BCUT2D eigenvalue weighted by Crippen LogP contribution is 2.66. The Balaban J connectivity index is 1.56. The van der Waals surface area contributed by atoms with E-state index >= 15 is 0 Å². The summed E-state index contributed by atoms with van der Waals surface area (Å²) in [6.45, 7) is 0.721. The molecule has 2 heterocycles. The molecule has 0 radical (unpaired) electrons. The minimum atomic E-state index is -1.19. The van der Waals surface area contributed by atoms with Gasteiger partial charge in [-0.25, -0.2) is 9.59 Å². The van der Waals surface area contributed by atoms with Gasteiger partial charge in [-0.05, 0) is 56.6 Å².